The molecule has 4 rings (SSSR count). The zero-order chi connectivity index (χ0) is 24.1. The van der Waals surface area contributed by atoms with Crippen molar-refractivity contribution >= 4 is 29.3 Å². The standard InChI is InChI=1S/C25H29N5O3S/c1-17(2)19-7-9-20(10-8-19)30-16-26-28-25(30)34-15-23(31)27-22-6-4-5-21(18(22)3)24(32)29-11-13-33-14-12-29/h4-10,16-17H,11-15H2,1-3H3,(H,27,31). The van der Waals surface area contributed by atoms with E-state index in [1.165, 1.54) is 17.3 Å². The Labute approximate surface area is 203 Å². The minimum Gasteiger partial charge on any atom is -0.378 e. The first-order chi connectivity index (χ1) is 16.4. The third-order valence-corrected chi connectivity index (χ3v) is 6.77. The molecule has 34 heavy (non-hydrogen) atoms. The number of hydrogen-bond donors (Lipinski definition) is 1. The molecule has 0 spiro atoms. The average Bonchev–Trinajstić information content (AvgIpc) is 3.33. The van der Waals surface area contributed by atoms with Gasteiger partial charge in [0.1, 0.15) is 6.33 Å². The van der Waals surface area contributed by atoms with Gasteiger partial charge in [-0.3, -0.25) is 14.2 Å². The molecule has 178 valence electrons. The fraction of sp³-hybridized carbons (Fsp3) is 0.360. The Balaban J connectivity index is 1.40. The number of amides is 2. The topological polar surface area (TPSA) is 89.3 Å². The van der Waals surface area contributed by atoms with Crippen molar-refractivity contribution in [2.75, 3.05) is 37.4 Å². The summed E-state index contributed by atoms with van der Waals surface area (Å²) >= 11 is 1.31. The van der Waals surface area contributed by atoms with Gasteiger partial charge in [-0.25, -0.2) is 0 Å². The first kappa shape index (κ1) is 24.0. The minimum absolute atomic E-state index is 0.0390. The second-order valence-electron chi connectivity index (χ2n) is 8.45. The lowest BCUT2D eigenvalue weighted by molar-refractivity contribution is -0.113. The van der Waals surface area contributed by atoms with Crippen molar-refractivity contribution < 1.29 is 14.3 Å². The Morgan fingerprint density at radius 1 is 1.12 bits per heavy atom. The van der Waals surface area contributed by atoms with E-state index < -0.39 is 0 Å². The van der Waals surface area contributed by atoms with Gasteiger partial charge in [-0.15, -0.1) is 10.2 Å². The van der Waals surface area contributed by atoms with Gasteiger partial charge in [-0.2, -0.15) is 0 Å². The molecule has 2 aromatic carbocycles. The Bertz CT molecular complexity index is 1150. The molecule has 0 bridgehead atoms. The Morgan fingerprint density at radius 3 is 2.56 bits per heavy atom. The number of nitrogens with one attached hydrogen (secondary N) is 1. The molecule has 3 aromatic rings. The van der Waals surface area contributed by atoms with Crippen LogP contribution >= 0.6 is 11.8 Å². The number of benzene rings is 2. The molecule has 1 aromatic heterocycles. The van der Waals surface area contributed by atoms with E-state index in [9.17, 15) is 9.59 Å². The van der Waals surface area contributed by atoms with E-state index >= 15 is 0 Å². The molecule has 0 atom stereocenters. The first-order valence-electron chi connectivity index (χ1n) is 11.3. The Hall–Kier alpha value is -3.17. The number of morpholine rings is 1. The monoisotopic (exact) mass is 479 g/mol. The minimum atomic E-state index is -0.172. The highest BCUT2D eigenvalue weighted by atomic mass is 32.2. The summed E-state index contributed by atoms with van der Waals surface area (Å²) < 4.78 is 7.21. The molecule has 2 amide bonds. The van der Waals surface area contributed by atoms with Crippen LogP contribution in [0.25, 0.3) is 5.69 Å². The van der Waals surface area contributed by atoms with Crippen molar-refractivity contribution in [1.82, 2.24) is 19.7 Å². The first-order valence-corrected chi connectivity index (χ1v) is 12.3. The third-order valence-electron chi connectivity index (χ3n) is 5.82. The number of aromatic nitrogens is 3. The van der Waals surface area contributed by atoms with Gasteiger partial charge in [-0.1, -0.05) is 43.8 Å². The highest BCUT2D eigenvalue weighted by Crippen LogP contribution is 2.24. The molecular formula is C25H29N5O3S. The number of ether oxygens (including phenoxy) is 1. The quantitative estimate of drug-likeness (QED) is 0.517. The van der Waals surface area contributed by atoms with Gasteiger partial charge in [-0.05, 0) is 48.2 Å². The molecule has 2 heterocycles. The van der Waals surface area contributed by atoms with E-state index in [1.54, 1.807) is 23.4 Å². The molecule has 1 aliphatic heterocycles. The average molecular weight is 480 g/mol. The maximum absolute atomic E-state index is 12.9. The lowest BCUT2D eigenvalue weighted by Crippen LogP contribution is -2.41. The van der Waals surface area contributed by atoms with Crippen LogP contribution in [0.5, 0.6) is 0 Å². The number of hydrogen-bond acceptors (Lipinski definition) is 6. The second-order valence-corrected chi connectivity index (χ2v) is 9.39. The molecule has 9 heteroatoms. The van der Waals surface area contributed by atoms with Crippen molar-refractivity contribution in [3.05, 3.63) is 65.5 Å². The molecule has 0 radical (unpaired) electrons. The lowest BCUT2D eigenvalue weighted by atomic mass is 10.0. The highest BCUT2D eigenvalue weighted by molar-refractivity contribution is 7.99. The van der Waals surface area contributed by atoms with Crippen LogP contribution in [0.15, 0.2) is 53.9 Å². The molecule has 1 fully saturated rings. The van der Waals surface area contributed by atoms with Crippen molar-refractivity contribution in [2.45, 2.75) is 31.8 Å². The van der Waals surface area contributed by atoms with Crippen LogP contribution in [0.1, 0.15) is 41.3 Å². The summed E-state index contributed by atoms with van der Waals surface area (Å²) in [5, 5.41) is 11.8. The fourth-order valence-electron chi connectivity index (χ4n) is 3.78. The smallest absolute Gasteiger partial charge is 0.254 e. The normalized spacial score (nSPS) is 13.8. The summed E-state index contributed by atoms with van der Waals surface area (Å²) in [5.41, 5.74) is 4.19. The van der Waals surface area contributed by atoms with E-state index in [0.717, 1.165) is 11.3 Å². The molecule has 1 aliphatic rings. The Kier molecular flexibility index (Phi) is 7.64. The predicted molar refractivity (Wildman–Crippen MR) is 133 cm³/mol. The summed E-state index contributed by atoms with van der Waals surface area (Å²) in [6.07, 6.45) is 1.65. The number of anilines is 1. The van der Waals surface area contributed by atoms with Gasteiger partial charge in [0.25, 0.3) is 5.91 Å². The summed E-state index contributed by atoms with van der Waals surface area (Å²) in [7, 11) is 0. The van der Waals surface area contributed by atoms with Crippen LogP contribution in [0, 0.1) is 6.92 Å². The molecule has 0 aliphatic carbocycles. The van der Waals surface area contributed by atoms with Gasteiger partial charge in [0.05, 0.1) is 19.0 Å². The summed E-state index contributed by atoms with van der Waals surface area (Å²) in [5.74, 6) is 0.416. The van der Waals surface area contributed by atoms with Gasteiger partial charge in [0.15, 0.2) is 5.16 Å². The maximum Gasteiger partial charge on any atom is 0.254 e. The largest absolute Gasteiger partial charge is 0.378 e. The summed E-state index contributed by atoms with van der Waals surface area (Å²) in [4.78, 5) is 27.4. The van der Waals surface area contributed by atoms with E-state index in [0.29, 0.717) is 48.6 Å². The summed E-state index contributed by atoms with van der Waals surface area (Å²) in [6.45, 7) is 8.41. The molecule has 1 saturated heterocycles. The number of thioether (sulfide) groups is 1. The van der Waals surface area contributed by atoms with Crippen LogP contribution in [-0.2, 0) is 9.53 Å². The van der Waals surface area contributed by atoms with Crippen molar-refractivity contribution in [3.63, 3.8) is 0 Å². The molecule has 1 N–H and O–H groups in total. The third kappa shape index (κ3) is 5.48. The van der Waals surface area contributed by atoms with E-state index in [-0.39, 0.29) is 17.6 Å². The van der Waals surface area contributed by atoms with E-state index in [1.807, 2.05) is 29.7 Å². The number of carbonyl (C=O) groups excluding carboxylic acids is 2. The summed E-state index contributed by atoms with van der Waals surface area (Å²) in [6, 6.07) is 13.6. The zero-order valence-corrected chi connectivity index (χ0v) is 20.5. The number of rotatable bonds is 7. The lowest BCUT2D eigenvalue weighted by Gasteiger charge is -2.27. The molecule has 0 unspecified atom stereocenters. The molecular weight excluding hydrogens is 450 g/mol. The van der Waals surface area contributed by atoms with E-state index in [4.69, 9.17) is 4.74 Å². The zero-order valence-electron chi connectivity index (χ0n) is 19.7. The van der Waals surface area contributed by atoms with Gasteiger partial charge >= 0.3 is 0 Å². The molecule has 0 saturated carbocycles. The van der Waals surface area contributed by atoms with Gasteiger partial charge in [0, 0.05) is 30.0 Å². The Morgan fingerprint density at radius 2 is 1.85 bits per heavy atom. The van der Waals surface area contributed by atoms with Crippen molar-refractivity contribution in [3.8, 4) is 5.69 Å². The van der Waals surface area contributed by atoms with Crippen LogP contribution < -0.4 is 5.32 Å². The van der Waals surface area contributed by atoms with E-state index in [2.05, 4.69) is 41.5 Å². The van der Waals surface area contributed by atoms with Crippen LogP contribution in [0.4, 0.5) is 5.69 Å². The number of carbonyl (C=O) groups is 2. The number of nitrogens with zero attached hydrogens (tertiary/aromatic N) is 4. The predicted octanol–water partition coefficient (Wildman–Crippen LogP) is 3.90. The van der Waals surface area contributed by atoms with Gasteiger partial charge < -0.3 is 15.0 Å². The van der Waals surface area contributed by atoms with Crippen molar-refractivity contribution in [2.24, 2.45) is 0 Å². The SMILES string of the molecule is Cc1c(NC(=O)CSc2nncn2-c2ccc(C(C)C)cc2)cccc1C(=O)N1CCOCC1. The van der Waals surface area contributed by atoms with Crippen LogP contribution in [0.2, 0.25) is 0 Å². The van der Waals surface area contributed by atoms with Gasteiger partial charge in [0.2, 0.25) is 5.91 Å². The van der Waals surface area contributed by atoms with Crippen LogP contribution in [-0.4, -0.2) is 63.5 Å². The maximum atomic E-state index is 12.9. The van der Waals surface area contributed by atoms with Crippen LogP contribution in [0.3, 0.4) is 0 Å². The second kappa shape index (κ2) is 10.8. The fourth-order valence-corrected chi connectivity index (χ4v) is 4.50. The highest BCUT2D eigenvalue weighted by Gasteiger charge is 2.21. The van der Waals surface area contributed by atoms with Crippen molar-refractivity contribution in [1.29, 1.82) is 0 Å². The molecule has 8 nitrogen and oxygen atoms in total.